The zero-order valence-corrected chi connectivity index (χ0v) is 18.8. The van der Waals surface area contributed by atoms with Crippen molar-refractivity contribution in [3.63, 3.8) is 0 Å². The molecule has 0 saturated heterocycles. The van der Waals surface area contributed by atoms with E-state index in [1.54, 1.807) is 30.3 Å². The van der Waals surface area contributed by atoms with Crippen LogP contribution in [-0.2, 0) is 16.2 Å². The first-order valence-electron chi connectivity index (χ1n) is 8.80. The van der Waals surface area contributed by atoms with Crippen LogP contribution in [0.5, 0.6) is 11.5 Å². The van der Waals surface area contributed by atoms with Crippen molar-refractivity contribution in [3.8, 4) is 11.5 Å². The van der Waals surface area contributed by atoms with Gasteiger partial charge in [0.05, 0.1) is 21.4 Å². The fourth-order valence-corrected chi connectivity index (χ4v) is 4.03. The summed E-state index contributed by atoms with van der Waals surface area (Å²) in [6.45, 7) is 1.52. The molecular weight excluding hydrogens is 490 g/mol. The van der Waals surface area contributed by atoms with Crippen LogP contribution in [0.1, 0.15) is 18.1 Å². The van der Waals surface area contributed by atoms with Gasteiger partial charge in [0.1, 0.15) is 6.61 Å². The monoisotopic (exact) mass is 505 g/mol. The number of halogens is 1. The molecule has 0 aromatic heterocycles. The summed E-state index contributed by atoms with van der Waals surface area (Å²) < 4.78 is 11.9. The van der Waals surface area contributed by atoms with Crippen LogP contribution in [0.25, 0.3) is 6.08 Å². The minimum Gasteiger partial charge on any atom is -0.493 e. The molecule has 0 unspecified atom stereocenters. The third kappa shape index (κ3) is 5.70. The lowest BCUT2D eigenvalue weighted by Crippen LogP contribution is -2.23. The first-order valence-corrected chi connectivity index (χ1v) is 10.4. The number of nitro groups is 1. The van der Waals surface area contributed by atoms with Crippen LogP contribution in [0, 0.1) is 10.1 Å². The Hall–Kier alpha value is -3.18. The maximum absolute atomic E-state index is 12.1. The van der Waals surface area contributed by atoms with E-state index in [9.17, 15) is 19.7 Å². The largest absolute Gasteiger partial charge is 0.493 e. The van der Waals surface area contributed by atoms with Gasteiger partial charge in [0.25, 0.3) is 11.6 Å². The fraction of sp³-hybridized carbons (Fsp3) is 0.150. The number of hydrogen-bond donors (Lipinski definition) is 1. The molecule has 11 heteroatoms. The highest BCUT2D eigenvalue weighted by Crippen LogP contribution is 2.39. The van der Waals surface area contributed by atoms with Gasteiger partial charge in [-0.2, -0.15) is 4.99 Å². The third-order valence-corrected chi connectivity index (χ3v) is 5.47. The van der Waals surface area contributed by atoms with E-state index in [2.05, 4.69) is 26.2 Å². The van der Waals surface area contributed by atoms with Gasteiger partial charge >= 0.3 is 0 Å². The number of hydrogen-bond acceptors (Lipinski definition) is 7. The Kier molecular flexibility index (Phi) is 7.08. The van der Waals surface area contributed by atoms with Crippen molar-refractivity contribution in [2.75, 3.05) is 7.11 Å². The number of ether oxygens (including phenoxy) is 2. The van der Waals surface area contributed by atoms with Crippen molar-refractivity contribution in [1.29, 1.82) is 0 Å². The number of nitro benzene ring substituents is 1. The number of carbonyl (C=O) groups excluding carboxylic acids is 2. The topological polar surface area (TPSA) is 120 Å². The molecule has 2 aromatic rings. The Morgan fingerprint density at radius 3 is 2.65 bits per heavy atom. The van der Waals surface area contributed by atoms with Gasteiger partial charge in [-0.15, -0.1) is 0 Å². The van der Waals surface area contributed by atoms with Gasteiger partial charge in [0.15, 0.2) is 16.7 Å². The van der Waals surface area contributed by atoms with Gasteiger partial charge < -0.3 is 14.8 Å². The number of amides is 2. The maximum Gasteiger partial charge on any atom is 0.286 e. The van der Waals surface area contributed by atoms with Crippen LogP contribution in [0.3, 0.4) is 0 Å². The minimum absolute atomic E-state index is 0.00451. The maximum atomic E-state index is 12.1. The molecule has 0 spiro atoms. The van der Waals surface area contributed by atoms with Crippen LogP contribution >= 0.6 is 27.7 Å². The van der Waals surface area contributed by atoms with Gasteiger partial charge in [-0.05, 0) is 69.2 Å². The molecule has 31 heavy (non-hydrogen) atoms. The number of benzene rings is 2. The van der Waals surface area contributed by atoms with Crippen LogP contribution in [0.2, 0.25) is 0 Å². The van der Waals surface area contributed by atoms with E-state index in [4.69, 9.17) is 9.47 Å². The SMILES string of the molecule is COc1cc(/C=C2\SC(NC(C)=O)=NC2=O)cc(Br)c1OCc1ccc([N+](=O)[O-])cc1. The average molecular weight is 506 g/mol. The summed E-state index contributed by atoms with van der Waals surface area (Å²) in [5.74, 6) is 0.131. The molecule has 0 fully saturated rings. The first-order chi connectivity index (χ1) is 14.8. The van der Waals surface area contributed by atoms with E-state index < -0.39 is 10.8 Å². The molecule has 1 N–H and O–H groups in total. The van der Waals surface area contributed by atoms with E-state index in [1.165, 1.54) is 26.2 Å². The molecule has 160 valence electrons. The second kappa shape index (κ2) is 9.75. The quantitative estimate of drug-likeness (QED) is 0.357. The van der Waals surface area contributed by atoms with Crippen molar-refractivity contribution < 1.29 is 24.0 Å². The van der Waals surface area contributed by atoms with Crippen molar-refractivity contribution in [2.24, 2.45) is 4.99 Å². The molecule has 0 radical (unpaired) electrons. The molecule has 0 atom stereocenters. The molecule has 0 aliphatic carbocycles. The van der Waals surface area contributed by atoms with Gasteiger partial charge in [0, 0.05) is 19.1 Å². The van der Waals surface area contributed by atoms with Gasteiger partial charge in [-0.3, -0.25) is 19.7 Å². The van der Waals surface area contributed by atoms with E-state index in [0.717, 1.165) is 17.3 Å². The highest BCUT2D eigenvalue weighted by Gasteiger charge is 2.23. The summed E-state index contributed by atoms with van der Waals surface area (Å²) in [4.78, 5) is 37.7. The number of nitrogens with one attached hydrogen (secondary N) is 1. The fourth-order valence-electron chi connectivity index (χ4n) is 2.60. The average Bonchev–Trinajstić information content (AvgIpc) is 3.04. The molecule has 3 rings (SSSR count). The zero-order chi connectivity index (χ0) is 22.5. The summed E-state index contributed by atoms with van der Waals surface area (Å²) in [6, 6.07) is 9.51. The van der Waals surface area contributed by atoms with Crippen molar-refractivity contribution in [2.45, 2.75) is 13.5 Å². The van der Waals surface area contributed by atoms with Crippen LogP contribution in [0.4, 0.5) is 5.69 Å². The summed E-state index contributed by atoms with van der Waals surface area (Å²) in [7, 11) is 1.49. The lowest BCUT2D eigenvalue weighted by atomic mass is 10.1. The Labute approximate surface area is 189 Å². The molecule has 0 saturated carbocycles. The number of amidine groups is 1. The number of thioether (sulfide) groups is 1. The van der Waals surface area contributed by atoms with Crippen LogP contribution in [-0.4, -0.2) is 29.0 Å². The van der Waals surface area contributed by atoms with E-state index in [0.29, 0.717) is 26.4 Å². The molecule has 9 nitrogen and oxygen atoms in total. The number of aliphatic imine (C=N–C) groups is 1. The summed E-state index contributed by atoms with van der Waals surface area (Å²) >= 11 is 4.52. The molecule has 0 bridgehead atoms. The molecular formula is C20H16BrN3O6S. The van der Waals surface area contributed by atoms with Gasteiger partial charge in [-0.25, -0.2) is 0 Å². The molecule has 2 amide bonds. The second-order valence-electron chi connectivity index (χ2n) is 6.26. The number of rotatable bonds is 6. The lowest BCUT2D eigenvalue weighted by Gasteiger charge is -2.14. The van der Waals surface area contributed by atoms with Crippen molar-refractivity contribution in [1.82, 2.24) is 5.32 Å². The number of non-ortho nitro benzene ring substituents is 1. The molecule has 1 heterocycles. The Bertz CT molecular complexity index is 1110. The zero-order valence-electron chi connectivity index (χ0n) is 16.4. The van der Waals surface area contributed by atoms with Crippen molar-refractivity contribution >= 4 is 56.4 Å². The third-order valence-electron chi connectivity index (χ3n) is 3.98. The minimum atomic E-state index is -0.463. The van der Waals surface area contributed by atoms with Crippen LogP contribution < -0.4 is 14.8 Å². The smallest absolute Gasteiger partial charge is 0.286 e. The van der Waals surface area contributed by atoms with E-state index in [1.807, 2.05) is 0 Å². The number of carbonyl (C=O) groups is 2. The Morgan fingerprint density at radius 1 is 1.32 bits per heavy atom. The summed E-state index contributed by atoms with van der Waals surface area (Å²) in [5.41, 5.74) is 1.42. The molecule has 1 aliphatic rings. The lowest BCUT2D eigenvalue weighted by molar-refractivity contribution is -0.384. The molecule has 2 aromatic carbocycles. The number of nitrogens with zero attached hydrogens (tertiary/aromatic N) is 2. The standard InChI is InChI=1S/C20H16BrN3O6S/c1-11(25)22-20-23-19(26)17(31-20)9-13-7-15(21)18(16(8-13)29-2)30-10-12-3-5-14(6-4-12)24(27)28/h3-9H,10H2,1-2H3,(H,22,23,25,26)/b17-9-. The second-order valence-corrected chi connectivity index (χ2v) is 8.15. The summed E-state index contributed by atoms with van der Waals surface area (Å²) in [5, 5.41) is 13.5. The van der Waals surface area contributed by atoms with E-state index >= 15 is 0 Å². The van der Waals surface area contributed by atoms with Crippen molar-refractivity contribution in [3.05, 3.63) is 67.0 Å². The Morgan fingerprint density at radius 2 is 2.03 bits per heavy atom. The molecule has 1 aliphatic heterocycles. The summed E-state index contributed by atoms with van der Waals surface area (Å²) in [6.07, 6.45) is 1.64. The van der Waals surface area contributed by atoms with E-state index in [-0.39, 0.29) is 23.4 Å². The highest BCUT2D eigenvalue weighted by atomic mass is 79.9. The highest BCUT2D eigenvalue weighted by molar-refractivity contribution is 9.10. The Balaban J connectivity index is 1.77. The first kappa shape index (κ1) is 22.5. The van der Waals surface area contributed by atoms with Gasteiger partial charge in [-0.1, -0.05) is 0 Å². The van der Waals surface area contributed by atoms with Gasteiger partial charge in [0.2, 0.25) is 5.91 Å². The predicted octanol–water partition coefficient (Wildman–Crippen LogP) is 4.05. The number of methoxy groups -OCH3 is 1. The predicted molar refractivity (Wildman–Crippen MR) is 120 cm³/mol. The normalized spacial score (nSPS) is 14.4. The van der Waals surface area contributed by atoms with Crippen LogP contribution in [0.15, 0.2) is 50.8 Å².